The summed E-state index contributed by atoms with van der Waals surface area (Å²) in [5, 5.41) is 8.44. The molecule has 0 aromatic carbocycles. The van der Waals surface area contributed by atoms with Crippen LogP contribution in [0.25, 0.3) is 0 Å². The van der Waals surface area contributed by atoms with Crippen LogP contribution < -0.4 is 5.73 Å². The van der Waals surface area contributed by atoms with Crippen molar-refractivity contribution in [2.45, 2.75) is 0 Å². The van der Waals surface area contributed by atoms with Gasteiger partial charge >= 0.3 is 5.97 Å². The van der Waals surface area contributed by atoms with E-state index in [9.17, 15) is 9.59 Å². The van der Waals surface area contributed by atoms with E-state index in [1.165, 1.54) is 0 Å². The van der Waals surface area contributed by atoms with Gasteiger partial charge in [-0.2, -0.15) is 0 Å². The summed E-state index contributed by atoms with van der Waals surface area (Å²) in [7, 11) is 0. The summed E-state index contributed by atoms with van der Waals surface area (Å²) in [6.07, 6.45) is 0. The molecule has 0 bridgehead atoms. The number of aliphatic carboxylic acids is 1. The highest BCUT2D eigenvalue weighted by Gasteiger charge is 2.32. The maximum Gasteiger partial charge on any atom is 0.309 e. The van der Waals surface area contributed by atoms with Gasteiger partial charge in [0.05, 0.1) is 12.5 Å². The summed E-state index contributed by atoms with van der Waals surface area (Å²) in [5.41, 5.74) is 4.90. The van der Waals surface area contributed by atoms with Crippen LogP contribution >= 0.6 is 0 Å². The van der Waals surface area contributed by atoms with E-state index in [2.05, 4.69) is 0 Å². The van der Waals surface area contributed by atoms with E-state index >= 15 is 0 Å². The summed E-state index contributed by atoms with van der Waals surface area (Å²) in [6, 6.07) is 0. The molecule has 0 atom stereocenters. The quantitative estimate of drug-likeness (QED) is 0.523. The minimum atomic E-state index is -0.800. The molecular weight excluding hydrogens is 148 g/mol. The lowest BCUT2D eigenvalue weighted by molar-refractivity contribution is -0.148. The van der Waals surface area contributed by atoms with E-state index < -0.39 is 11.9 Å². The van der Waals surface area contributed by atoms with E-state index in [0.717, 1.165) is 0 Å². The molecule has 1 aliphatic rings. The number of hydrogen-bond donors (Lipinski definition) is 2. The molecule has 1 aliphatic heterocycles. The zero-order valence-corrected chi connectivity index (χ0v) is 5.99. The SMILES string of the molecule is NC(=O)CN1CC(C(=O)O)C1. The molecule has 11 heavy (non-hydrogen) atoms. The zero-order chi connectivity index (χ0) is 8.43. The van der Waals surface area contributed by atoms with Crippen molar-refractivity contribution in [3.8, 4) is 0 Å². The second-order valence-electron chi connectivity index (χ2n) is 2.70. The van der Waals surface area contributed by atoms with Gasteiger partial charge in [0.25, 0.3) is 0 Å². The Morgan fingerprint density at radius 1 is 1.55 bits per heavy atom. The van der Waals surface area contributed by atoms with Gasteiger partial charge in [0.15, 0.2) is 0 Å². The lowest BCUT2D eigenvalue weighted by Gasteiger charge is -2.35. The van der Waals surface area contributed by atoms with Gasteiger partial charge in [-0.15, -0.1) is 0 Å². The topological polar surface area (TPSA) is 83.6 Å². The number of carboxylic acid groups (broad SMARTS) is 1. The molecule has 5 nitrogen and oxygen atoms in total. The number of rotatable bonds is 3. The number of nitrogens with two attached hydrogens (primary N) is 1. The summed E-state index contributed by atoms with van der Waals surface area (Å²) >= 11 is 0. The van der Waals surface area contributed by atoms with Crippen LogP contribution in [0.15, 0.2) is 0 Å². The third kappa shape index (κ3) is 1.91. The molecule has 1 amide bonds. The lowest BCUT2D eigenvalue weighted by atomic mass is 10.0. The van der Waals surface area contributed by atoms with Crippen LogP contribution in [0, 0.1) is 5.92 Å². The van der Waals surface area contributed by atoms with Crippen LogP contribution in [0.4, 0.5) is 0 Å². The lowest BCUT2D eigenvalue weighted by Crippen LogP contribution is -2.52. The molecule has 0 saturated carbocycles. The highest BCUT2D eigenvalue weighted by molar-refractivity contribution is 5.77. The maximum absolute atomic E-state index is 10.3. The second kappa shape index (κ2) is 2.87. The van der Waals surface area contributed by atoms with Crippen LogP contribution in [0.2, 0.25) is 0 Å². The van der Waals surface area contributed by atoms with Gasteiger partial charge < -0.3 is 10.8 Å². The smallest absolute Gasteiger partial charge is 0.309 e. The van der Waals surface area contributed by atoms with Crippen LogP contribution in [0.5, 0.6) is 0 Å². The van der Waals surface area contributed by atoms with E-state index in [0.29, 0.717) is 13.1 Å². The van der Waals surface area contributed by atoms with Crippen molar-refractivity contribution in [3.63, 3.8) is 0 Å². The fourth-order valence-electron chi connectivity index (χ4n) is 1.08. The first kappa shape index (κ1) is 8.00. The van der Waals surface area contributed by atoms with Crippen LogP contribution in [-0.2, 0) is 9.59 Å². The number of hydrogen-bond acceptors (Lipinski definition) is 3. The standard InChI is InChI=1S/C6H10N2O3/c7-5(9)3-8-1-4(2-8)6(10)11/h4H,1-3H2,(H2,7,9)(H,10,11). The predicted molar refractivity (Wildman–Crippen MR) is 36.8 cm³/mol. The van der Waals surface area contributed by atoms with Crippen molar-refractivity contribution in [2.24, 2.45) is 11.7 Å². The molecule has 0 spiro atoms. The van der Waals surface area contributed by atoms with Gasteiger partial charge in [-0.25, -0.2) is 0 Å². The number of carboxylic acids is 1. The molecule has 1 rings (SSSR count). The monoisotopic (exact) mass is 158 g/mol. The summed E-state index contributed by atoms with van der Waals surface area (Å²) < 4.78 is 0. The molecular formula is C6H10N2O3. The number of primary amides is 1. The van der Waals surface area contributed by atoms with Crippen molar-refractivity contribution in [2.75, 3.05) is 19.6 Å². The van der Waals surface area contributed by atoms with E-state index in [-0.39, 0.29) is 12.5 Å². The Hall–Kier alpha value is -1.10. The van der Waals surface area contributed by atoms with Crippen LogP contribution in [-0.4, -0.2) is 41.5 Å². The molecule has 0 unspecified atom stereocenters. The Morgan fingerprint density at radius 3 is 2.45 bits per heavy atom. The summed E-state index contributed by atoms with van der Waals surface area (Å²) in [6.45, 7) is 1.06. The first-order valence-electron chi connectivity index (χ1n) is 3.33. The second-order valence-corrected chi connectivity index (χ2v) is 2.70. The van der Waals surface area contributed by atoms with Crippen molar-refractivity contribution in [1.29, 1.82) is 0 Å². The molecule has 62 valence electrons. The van der Waals surface area contributed by atoms with Gasteiger partial charge in [0, 0.05) is 13.1 Å². The van der Waals surface area contributed by atoms with Crippen molar-refractivity contribution in [1.82, 2.24) is 4.90 Å². The third-order valence-electron chi connectivity index (χ3n) is 1.69. The van der Waals surface area contributed by atoms with Gasteiger partial charge in [0.1, 0.15) is 0 Å². The van der Waals surface area contributed by atoms with Gasteiger partial charge in [0.2, 0.25) is 5.91 Å². The molecule has 0 radical (unpaired) electrons. The van der Waals surface area contributed by atoms with Crippen LogP contribution in [0.1, 0.15) is 0 Å². The molecule has 1 fully saturated rings. The molecule has 0 aliphatic carbocycles. The normalized spacial score (nSPS) is 19.3. The van der Waals surface area contributed by atoms with Gasteiger partial charge in [-0.3, -0.25) is 14.5 Å². The number of amides is 1. The Balaban J connectivity index is 2.19. The highest BCUT2D eigenvalue weighted by Crippen LogP contribution is 2.13. The molecule has 3 N–H and O–H groups in total. The summed E-state index contributed by atoms with van der Waals surface area (Å²) in [5.74, 6) is -1.52. The molecule has 0 aromatic rings. The van der Waals surface area contributed by atoms with Gasteiger partial charge in [-0.05, 0) is 0 Å². The molecule has 1 heterocycles. The number of carbonyl (C=O) groups excluding carboxylic acids is 1. The Bertz CT molecular complexity index is 186. The average Bonchev–Trinajstić information content (AvgIpc) is 1.75. The average molecular weight is 158 g/mol. The summed E-state index contributed by atoms with van der Waals surface area (Å²) in [4.78, 5) is 22.3. The van der Waals surface area contributed by atoms with E-state index in [1.807, 2.05) is 0 Å². The first-order chi connectivity index (χ1) is 5.09. The predicted octanol–water partition coefficient (Wildman–Crippen LogP) is -1.51. The van der Waals surface area contributed by atoms with Crippen LogP contribution in [0.3, 0.4) is 0 Å². The van der Waals surface area contributed by atoms with Gasteiger partial charge in [-0.1, -0.05) is 0 Å². The Morgan fingerprint density at radius 2 is 2.09 bits per heavy atom. The molecule has 0 aromatic heterocycles. The minimum Gasteiger partial charge on any atom is -0.481 e. The zero-order valence-electron chi connectivity index (χ0n) is 5.99. The number of nitrogens with zero attached hydrogens (tertiary/aromatic N) is 1. The largest absolute Gasteiger partial charge is 0.481 e. The number of likely N-dealkylation sites (tertiary alicyclic amines) is 1. The Labute approximate surface area is 63.8 Å². The fourth-order valence-corrected chi connectivity index (χ4v) is 1.08. The third-order valence-corrected chi connectivity index (χ3v) is 1.69. The molecule has 5 heteroatoms. The molecule has 1 saturated heterocycles. The fraction of sp³-hybridized carbons (Fsp3) is 0.667. The Kier molecular flexibility index (Phi) is 2.09. The van der Waals surface area contributed by atoms with E-state index in [4.69, 9.17) is 10.8 Å². The van der Waals surface area contributed by atoms with E-state index in [1.54, 1.807) is 4.90 Å². The van der Waals surface area contributed by atoms with Crippen molar-refractivity contribution < 1.29 is 14.7 Å². The first-order valence-corrected chi connectivity index (χ1v) is 3.33. The highest BCUT2D eigenvalue weighted by atomic mass is 16.4. The maximum atomic E-state index is 10.3. The van der Waals surface area contributed by atoms with Crippen molar-refractivity contribution in [3.05, 3.63) is 0 Å². The van der Waals surface area contributed by atoms with Crippen molar-refractivity contribution >= 4 is 11.9 Å². The number of carbonyl (C=O) groups is 2. The minimum absolute atomic E-state index is 0.170.